The molecule has 0 radical (unpaired) electrons. The molecule has 136 valence electrons. The van der Waals surface area contributed by atoms with Gasteiger partial charge in [-0.1, -0.05) is 0 Å². The van der Waals surface area contributed by atoms with Crippen LogP contribution in [0.2, 0.25) is 0 Å². The Hall–Kier alpha value is -3.35. The Morgan fingerprint density at radius 2 is 1.77 bits per heavy atom. The van der Waals surface area contributed by atoms with Crippen LogP contribution in [0.5, 0.6) is 11.5 Å². The molecule has 0 aliphatic heterocycles. The molecule has 0 heterocycles. The summed E-state index contributed by atoms with van der Waals surface area (Å²) < 4.78 is 10.7. The molecule has 0 aliphatic carbocycles. The highest BCUT2D eigenvalue weighted by molar-refractivity contribution is 5.91. The minimum atomic E-state index is -0.468. The maximum absolute atomic E-state index is 11.9. The number of nitrogens with zero attached hydrogens (tertiary/aromatic N) is 1. The van der Waals surface area contributed by atoms with Crippen molar-refractivity contribution in [3.63, 3.8) is 0 Å². The van der Waals surface area contributed by atoms with Crippen molar-refractivity contribution in [3.05, 3.63) is 70.3 Å². The van der Waals surface area contributed by atoms with Gasteiger partial charge in [-0.2, -0.15) is 0 Å². The van der Waals surface area contributed by atoms with E-state index in [1.165, 1.54) is 18.2 Å². The number of amides is 1. The molecule has 1 amide bonds. The van der Waals surface area contributed by atoms with Gasteiger partial charge in [0.15, 0.2) is 0 Å². The van der Waals surface area contributed by atoms with E-state index in [0.717, 1.165) is 5.75 Å². The lowest BCUT2D eigenvalue weighted by atomic mass is 10.2. The van der Waals surface area contributed by atoms with Crippen molar-refractivity contribution in [2.24, 2.45) is 0 Å². The Morgan fingerprint density at radius 1 is 1.15 bits per heavy atom. The van der Waals surface area contributed by atoms with Gasteiger partial charge in [-0.3, -0.25) is 14.9 Å². The summed E-state index contributed by atoms with van der Waals surface area (Å²) in [6.45, 7) is 2.16. The van der Waals surface area contributed by atoms with Gasteiger partial charge in [0.25, 0.3) is 5.69 Å². The Balaban J connectivity index is 1.79. The summed E-state index contributed by atoms with van der Waals surface area (Å²) in [6, 6.07) is 12.9. The van der Waals surface area contributed by atoms with E-state index in [-0.39, 0.29) is 17.6 Å². The number of ether oxygens (including phenoxy) is 2. The van der Waals surface area contributed by atoms with Gasteiger partial charge in [-0.05, 0) is 55.0 Å². The molecule has 2 aromatic carbocycles. The molecule has 0 fully saturated rings. The zero-order chi connectivity index (χ0) is 18.9. The molecule has 0 spiro atoms. The fraction of sp³-hybridized carbons (Fsp3) is 0.211. The van der Waals surface area contributed by atoms with Gasteiger partial charge in [-0.15, -0.1) is 0 Å². The summed E-state index contributed by atoms with van der Waals surface area (Å²) in [5.41, 5.74) is 0.712. The van der Waals surface area contributed by atoms with Crippen LogP contribution in [0.15, 0.2) is 54.6 Å². The lowest BCUT2D eigenvalue weighted by Gasteiger charge is -2.14. The first kappa shape index (κ1) is 19.0. The highest BCUT2D eigenvalue weighted by atomic mass is 16.6. The molecule has 1 N–H and O–H groups in total. The van der Waals surface area contributed by atoms with E-state index in [2.05, 4.69) is 5.32 Å². The lowest BCUT2D eigenvalue weighted by Crippen LogP contribution is -2.35. The molecule has 7 nitrogen and oxygen atoms in total. The highest BCUT2D eigenvalue weighted by Crippen LogP contribution is 2.17. The summed E-state index contributed by atoms with van der Waals surface area (Å²) in [5.74, 6) is 1.16. The SMILES string of the molecule is COc1ccc(OCC(C)NC(=O)C=Cc2ccc([N+](=O)[O-])cc2)cc1. The molecule has 0 aliphatic rings. The molecule has 0 bridgehead atoms. The number of nitro benzene ring substituents is 1. The first-order valence-electron chi connectivity index (χ1n) is 7.98. The molecule has 1 unspecified atom stereocenters. The van der Waals surface area contributed by atoms with Crippen LogP contribution in [0.25, 0.3) is 6.08 Å². The molecule has 0 saturated carbocycles. The number of nitro groups is 1. The topological polar surface area (TPSA) is 90.7 Å². The van der Waals surface area contributed by atoms with E-state index in [0.29, 0.717) is 17.9 Å². The molecular formula is C19H20N2O5. The van der Waals surface area contributed by atoms with Gasteiger partial charge in [-0.25, -0.2) is 0 Å². The third-order valence-electron chi connectivity index (χ3n) is 3.48. The van der Waals surface area contributed by atoms with Gasteiger partial charge in [0, 0.05) is 18.2 Å². The van der Waals surface area contributed by atoms with Gasteiger partial charge < -0.3 is 14.8 Å². The number of carbonyl (C=O) groups is 1. The molecule has 0 aromatic heterocycles. The van der Waals surface area contributed by atoms with Crippen molar-refractivity contribution in [2.75, 3.05) is 13.7 Å². The number of methoxy groups -OCH3 is 1. The number of benzene rings is 2. The minimum Gasteiger partial charge on any atom is -0.497 e. The number of carbonyl (C=O) groups excluding carboxylic acids is 1. The van der Waals surface area contributed by atoms with Crippen LogP contribution < -0.4 is 14.8 Å². The Morgan fingerprint density at radius 3 is 2.35 bits per heavy atom. The van der Waals surface area contributed by atoms with Crippen LogP contribution in [0.3, 0.4) is 0 Å². The van der Waals surface area contributed by atoms with E-state index in [1.807, 2.05) is 6.92 Å². The number of hydrogen-bond acceptors (Lipinski definition) is 5. The molecule has 1 atom stereocenters. The number of nitrogens with one attached hydrogen (secondary N) is 1. The Labute approximate surface area is 151 Å². The largest absolute Gasteiger partial charge is 0.497 e. The van der Waals surface area contributed by atoms with Crippen molar-refractivity contribution in [3.8, 4) is 11.5 Å². The predicted octanol–water partition coefficient (Wildman–Crippen LogP) is 3.20. The van der Waals surface area contributed by atoms with E-state index in [9.17, 15) is 14.9 Å². The third-order valence-corrected chi connectivity index (χ3v) is 3.48. The number of non-ortho nitro benzene ring substituents is 1. The van der Waals surface area contributed by atoms with Crippen LogP contribution >= 0.6 is 0 Å². The summed E-state index contributed by atoms with van der Waals surface area (Å²) in [4.78, 5) is 22.1. The maximum atomic E-state index is 11.9. The summed E-state index contributed by atoms with van der Waals surface area (Å²) in [6.07, 6.45) is 2.97. The molecule has 0 saturated heterocycles. The van der Waals surface area contributed by atoms with E-state index in [1.54, 1.807) is 49.6 Å². The van der Waals surface area contributed by atoms with E-state index >= 15 is 0 Å². The first-order valence-corrected chi connectivity index (χ1v) is 7.98. The van der Waals surface area contributed by atoms with Crippen LogP contribution in [-0.2, 0) is 4.79 Å². The van der Waals surface area contributed by atoms with Gasteiger partial charge in [0.2, 0.25) is 5.91 Å². The Bertz CT molecular complexity index is 770. The Kier molecular flexibility index (Phi) is 6.73. The van der Waals surface area contributed by atoms with Crippen molar-refractivity contribution in [2.45, 2.75) is 13.0 Å². The second kappa shape index (κ2) is 9.22. The van der Waals surface area contributed by atoms with Crippen LogP contribution in [0.1, 0.15) is 12.5 Å². The van der Waals surface area contributed by atoms with Gasteiger partial charge >= 0.3 is 0 Å². The third kappa shape index (κ3) is 5.94. The second-order valence-corrected chi connectivity index (χ2v) is 5.58. The minimum absolute atomic E-state index is 0.0101. The quantitative estimate of drug-likeness (QED) is 0.446. The van der Waals surface area contributed by atoms with Crippen molar-refractivity contribution >= 4 is 17.7 Å². The number of hydrogen-bond donors (Lipinski definition) is 1. The standard InChI is InChI=1S/C19H20N2O5/c1-14(13-26-18-10-8-17(25-2)9-11-18)20-19(22)12-5-15-3-6-16(7-4-15)21(23)24/h3-12,14H,13H2,1-2H3,(H,20,22). The fourth-order valence-electron chi connectivity index (χ4n) is 2.10. The average molecular weight is 356 g/mol. The summed E-state index contributed by atoms with van der Waals surface area (Å²) >= 11 is 0. The van der Waals surface area contributed by atoms with Gasteiger partial charge in [0.05, 0.1) is 18.1 Å². The van der Waals surface area contributed by atoms with Crippen molar-refractivity contribution in [1.82, 2.24) is 5.32 Å². The molecule has 2 aromatic rings. The smallest absolute Gasteiger partial charge is 0.269 e. The fourth-order valence-corrected chi connectivity index (χ4v) is 2.10. The van der Waals surface area contributed by atoms with E-state index in [4.69, 9.17) is 9.47 Å². The zero-order valence-corrected chi connectivity index (χ0v) is 14.5. The normalized spacial score (nSPS) is 11.8. The second-order valence-electron chi connectivity index (χ2n) is 5.58. The van der Waals surface area contributed by atoms with Crippen molar-refractivity contribution < 1.29 is 19.2 Å². The maximum Gasteiger partial charge on any atom is 0.269 e. The van der Waals surface area contributed by atoms with E-state index < -0.39 is 4.92 Å². The lowest BCUT2D eigenvalue weighted by molar-refractivity contribution is -0.384. The monoisotopic (exact) mass is 356 g/mol. The highest BCUT2D eigenvalue weighted by Gasteiger charge is 2.06. The molecular weight excluding hydrogens is 336 g/mol. The molecule has 2 rings (SSSR count). The summed E-state index contributed by atoms with van der Waals surface area (Å²) in [5, 5.41) is 13.4. The van der Waals surface area contributed by atoms with Crippen LogP contribution in [0.4, 0.5) is 5.69 Å². The predicted molar refractivity (Wildman–Crippen MR) is 98.2 cm³/mol. The summed E-state index contributed by atoms with van der Waals surface area (Å²) in [7, 11) is 1.59. The molecule has 26 heavy (non-hydrogen) atoms. The average Bonchev–Trinajstić information content (AvgIpc) is 2.65. The zero-order valence-electron chi connectivity index (χ0n) is 14.5. The van der Waals surface area contributed by atoms with Gasteiger partial charge in [0.1, 0.15) is 18.1 Å². The van der Waals surface area contributed by atoms with Crippen LogP contribution in [0, 0.1) is 10.1 Å². The molecule has 7 heteroatoms. The number of rotatable bonds is 8. The van der Waals surface area contributed by atoms with Crippen molar-refractivity contribution in [1.29, 1.82) is 0 Å². The van der Waals surface area contributed by atoms with Crippen LogP contribution in [-0.4, -0.2) is 30.6 Å². The first-order chi connectivity index (χ1) is 12.5.